The van der Waals surface area contributed by atoms with Crippen molar-refractivity contribution >= 4 is 46.6 Å². The number of anilines is 2. The van der Waals surface area contributed by atoms with E-state index in [1.165, 1.54) is 4.90 Å². The number of nitrogens with zero attached hydrogens (tertiary/aromatic N) is 3. The van der Waals surface area contributed by atoms with Crippen molar-refractivity contribution in [1.82, 2.24) is 4.90 Å². The molecule has 8 heteroatoms. The van der Waals surface area contributed by atoms with Crippen LogP contribution in [0.4, 0.5) is 16.2 Å². The van der Waals surface area contributed by atoms with Gasteiger partial charge in [-0.1, -0.05) is 29.3 Å². The molecule has 5 rings (SSSR count). The highest BCUT2D eigenvalue weighted by Gasteiger charge is 2.46. The SMILES string of the molecule is CN1C(=O)CCN2c3c(cc(-c4ccc(Cl)cc4Cl)cc31)[C@@H]1CN(C(=O)O)CC[C@@H]12. The van der Waals surface area contributed by atoms with Gasteiger partial charge in [0, 0.05) is 60.7 Å². The molecule has 0 aromatic heterocycles. The molecular weight excluding hydrogens is 425 g/mol. The Morgan fingerprint density at radius 3 is 2.70 bits per heavy atom. The van der Waals surface area contributed by atoms with Gasteiger partial charge in [0.1, 0.15) is 0 Å². The highest BCUT2D eigenvalue weighted by Crippen LogP contribution is 2.52. The Kier molecular flexibility index (Phi) is 4.60. The van der Waals surface area contributed by atoms with Gasteiger partial charge < -0.3 is 19.8 Å². The fourth-order valence-corrected chi connectivity index (χ4v) is 5.64. The molecule has 3 aliphatic rings. The van der Waals surface area contributed by atoms with E-state index in [0.29, 0.717) is 36.1 Å². The number of likely N-dealkylation sites (tertiary alicyclic amines) is 1. The van der Waals surface area contributed by atoms with E-state index in [1.807, 2.05) is 12.1 Å². The Morgan fingerprint density at radius 2 is 1.97 bits per heavy atom. The maximum Gasteiger partial charge on any atom is 0.407 e. The lowest BCUT2D eigenvalue weighted by Crippen LogP contribution is -2.48. The Morgan fingerprint density at radius 1 is 1.17 bits per heavy atom. The molecule has 6 nitrogen and oxygen atoms in total. The second-order valence-corrected chi connectivity index (χ2v) is 8.99. The molecule has 3 aliphatic heterocycles. The summed E-state index contributed by atoms with van der Waals surface area (Å²) in [5, 5.41) is 10.6. The van der Waals surface area contributed by atoms with Crippen LogP contribution < -0.4 is 9.80 Å². The van der Waals surface area contributed by atoms with Crippen molar-refractivity contribution in [3.63, 3.8) is 0 Å². The fraction of sp³-hybridized carbons (Fsp3) is 0.364. The van der Waals surface area contributed by atoms with E-state index in [2.05, 4.69) is 11.0 Å². The predicted molar refractivity (Wildman–Crippen MR) is 118 cm³/mol. The molecule has 3 heterocycles. The molecule has 0 bridgehead atoms. The van der Waals surface area contributed by atoms with Gasteiger partial charge in [-0.15, -0.1) is 0 Å². The maximum absolute atomic E-state index is 12.7. The highest BCUT2D eigenvalue weighted by atomic mass is 35.5. The minimum atomic E-state index is -0.884. The van der Waals surface area contributed by atoms with Gasteiger partial charge in [0.25, 0.3) is 0 Å². The average molecular weight is 446 g/mol. The van der Waals surface area contributed by atoms with Crippen LogP contribution in [0.1, 0.15) is 24.3 Å². The first kappa shape index (κ1) is 19.5. The lowest BCUT2D eigenvalue weighted by molar-refractivity contribution is -0.118. The number of benzene rings is 2. The van der Waals surface area contributed by atoms with Gasteiger partial charge in [-0.05, 0) is 41.8 Å². The average Bonchev–Trinajstić information content (AvgIpc) is 2.96. The van der Waals surface area contributed by atoms with Gasteiger partial charge in [-0.2, -0.15) is 0 Å². The summed E-state index contributed by atoms with van der Waals surface area (Å²) in [6, 6.07) is 9.71. The van der Waals surface area contributed by atoms with Crippen LogP contribution in [0.25, 0.3) is 11.1 Å². The first-order valence-corrected chi connectivity index (χ1v) is 10.7. The van der Waals surface area contributed by atoms with Crippen LogP contribution in [0, 0.1) is 0 Å². The Balaban J connectivity index is 1.70. The molecule has 30 heavy (non-hydrogen) atoms. The van der Waals surface area contributed by atoms with Crippen LogP contribution in [0.2, 0.25) is 10.0 Å². The minimum absolute atomic E-state index is 0.0660. The standard InChI is InChI=1S/C22H21Cl2N3O3/c1-25-19-9-12(14-3-2-13(23)10-17(14)24)8-15-16-11-26(22(29)30)6-4-18(16)27(21(15)19)7-5-20(25)28/h2-3,8-10,16,18H,4-7,11H2,1H3,(H,29,30)/t16-,18-/m0/s1. The number of carbonyl (C=O) groups is 2. The molecule has 2 amide bonds. The van der Waals surface area contributed by atoms with E-state index in [9.17, 15) is 14.7 Å². The van der Waals surface area contributed by atoms with Gasteiger partial charge in [-0.25, -0.2) is 4.79 Å². The summed E-state index contributed by atoms with van der Waals surface area (Å²) in [5.74, 6) is 0.140. The molecule has 2 aromatic carbocycles. The quantitative estimate of drug-likeness (QED) is 0.691. The van der Waals surface area contributed by atoms with Crippen LogP contribution in [0.15, 0.2) is 30.3 Å². The predicted octanol–water partition coefficient (Wildman–Crippen LogP) is 4.68. The first-order chi connectivity index (χ1) is 14.3. The number of rotatable bonds is 1. The zero-order valence-electron chi connectivity index (χ0n) is 16.4. The highest BCUT2D eigenvalue weighted by molar-refractivity contribution is 6.36. The number of halogens is 2. The van der Waals surface area contributed by atoms with Gasteiger partial charge in [0.2, 0.25) is 5.91 Å². The number of carbonyl (C=O) groups excluding carboxylic acids is 1. The minimum Gasteiger partial charge on any atom is -0.465 e. The van der Waals surface area contributed by atoms with Crippen molar-refractivity contribution in [2.45, 2.75) is 24.8 Å². The molecule has 0 radical (unpaired) electrons. The molecule has 1 N–H and O–H groups in total. The van der Waals surface area contributed by atoms with Gasteiger partial charge in [-0.3, -0.25) is 4.79 Å². The molecular formula is C22H21Cl2N3O3. The van der Waals surface area contributed by atoms with E-state index in [4.69, 9.17) is 23.2 Å². The van der Waals surface area contributed by atoms with Crippen molar-refractivity contribution in [1.29, 1.82) is 0 Å². The van der Waals surface area contributed by atoms with Gasteiger partial charge in [0.05, 0.1) is 11.4 Å². The van der Waals surface area contributed by atoms with E-state index < -0.39 is 6.09 Å². The molecule has 0 spiro atoms. The van der Waals surface area contributed by atoms with Crippen molar-refractivity contribution in [3.8, 4) is 11.1 Å². The van der Waals surface area contributed by atoms with Crippen LogP contribution >= 0.6 is 23.2 Å². The van der Waals surface area contributed by atoms with E-state index in [0.717, 1.165) is 34.5 Å². The zero-order valence-corrected chi connectivity index (χ0v) is 18.0. The van der Waals surface area contributed by atoms with Gasteiger partial charge in [0.15, 0.2) is 0 Å². The van der Waals surface area contributed by atoms with Crippen LogP contribution in [0.3, 0.4) is 0 Å². The van der Waals surface area contributed by atoms with E-state index in [1.54, 1.807) is 24.1 Å². The molecule has 0 unspecified atom stereocenters. The zero-order chi connectivity index (χ0) is 21.2. The molecule has 1 fully saturated rings. The molecule has 156 valence electrons. The number of hydrogen-bond acceptors (Lipinski definition) is 3. The molecule has 0 saturated carbocycles. The number of hydrogen-bond donors (Lipinski definition) is 1. The lowest BCUT2D eigenvalue weighted by atomic mass is 9.87. The molecule has 0 aliphatic carbocycles. The smallest absolute Gasteiger partial charge is 0.407 e. The number of amides is 2. The summed E-state index contributed by atoms with van der Waals surface area (Å²) >= 11 is 12.6. The normalized spacial score (nSPS) is 22.6. The monoisotopic (exact) mass is 445 g/mol. The van der Waals surface area contributed by atoms with Gasteiger partial charge >= 0.3 is 6.09 Å². The largest absolute Gasteiger partial charge is 0.465 e. The van der Waals surface area contributed by atoms with Crippen LogP contribution in [-0.2, 0) is 4.79 Å². The van der Waals surface area contributed by atoms with Crippen LogP contribution in [-0.4, -0.2) is 54.7 Å². The first-order valence-electron chi connectivity index (χ1n) is 9.99. The summed E-state index contributed by atoms with van der Waals surface area (Å²) in [6.45, 7) is 1.62. The molecule has 2 aromatic rings. The summed E-state index contributed by atoms with van der Waals surface area (Å²) < 4.78 is 0. The van der Waals surface area contributed by atoms with Crippen molar-refractivity contribution in [3.05, 3.63) is 45.9 Å². The summed E-state index contributed by atoms with van der Waals surface area (Å²) in [6.07, 6.45) is 0.304. The van der Waals surface area contributed by atoms with E-state index >= 15 is 0 Å². The third-order valence-electron chi connectivity index (χ3n) is 6.60. The molecule has 1 saturated heterocycles. The van der Waals surface area contributed by atoms with Crippen molar-refractivity contribution < 1.29 is 14.7 Å². The number of piperidine rings is 1. The Hall–Kier alpha value is -2.44. The summed E-state index contributed by atoms with van der Waals surface area (Å²) in [5.41, 5.74) is 4.74. The van der Waals surface area contributed by atoms with Crippen LogP contribution in [0.5, 0.6) is 0 Å². The van der Waals surface area contributed by atoms with Crippen molar-refractivity contribution in [2.75, 3.05) is 36.5 Å². The van der Waals surface area contributed by atoms with Crippen molar-refractivity contribution in [2.24, 2.45) is 0 Å². The third-order valence-corrected chi connectivity index (χ3v) is 7.15. The Labute approximate surface area is 184 Å². The summed E-state index contributed by atoms with van der Waals surface area (Å²) in [4.78, 5) is 29.9. The Bertz CT molecular complexity index is 1070. The second-order valence-electron chi connectivity index (χ2n) is 8.14. The third kappa shape index (κ3) is 2.93. The number of carboxylic acid groups (broad SMARTS) is 1. The fourth-order valence-electron chi connectivity index (χ4n) is 5.13. The second kappa shape index (κ2) is 7.06. The maximum atomic E-state index is 12.7. The topological polar surface area (TPSA) is 64.1 Å². The van der Waals surface area contributed by atoms with E-state index in [-0.39, 0.29) is 17.9 Å². The summed E-state index contributed by atoms with van der Waals surface area (Å²) in [7, 11) is 1.81. The number of fused-ring (bicyclic) bond motifs is 3. The lowest BCUT2D eigenvalue weighted by Gasteiger charge is -2.37. The molecule has 2 atom stereocenters.